The Labute approximate surface area is 154 Å². The van der Waals surface area contributed by atoms with Crippen molar-refractivity contribution < 1.29 is 19.1 Å². The number of morpholine rings is 1. The molecule has 0 spiro atoms. The summed E-state index contributed by atoms with van der Waals surface area (Å²) in [6.45, 7) is 7.89. The van der Waals surface area contributed by atoms with Crippen LogP contribution in [-0.2, 0) is 19.1 Å². The molecule has 1 amide bonds. The number of nitrogens with zero attached hydrogens (tertiary/aromatic N) is 3. The SMILES string of the molecule is CCOC(=O)C1CCN(/C=C(/C#N)C(=O)NCCN2CCOCC2)CC1. The predicted octanol–water partition coefficient (Wildman–Crippen LogP) is 0.117. The molecule has 8 heteroatoms. The summed E-state index contributed by atoms with van der Waals surface area (Å²) in [5, 5.41) is 12.1. The van der Waals surface area contributed by atoms with Gasteiger partial charge in [-0.25, -0.2) is 0 Å². The molecule has 0 bridgehead atoms. The third kappa shape index (κ3) is 6.32. The van der Waals surface area contributed by atoms with E-state index in [0.29, 0.717) is 39.1 Å². The van der Waals surface area contributed by atoms with Crippen molar-refractivity contribution in [3.8, 4) is 6.07 Å². The second kappa shape index (κ2) is 10.8. The molecular weight excluding hydrogens is 336 g/mol. The van der Waals surface area contributed by atoms with Crippen molar-refractivity contribution in [2.45, 2.75) is 19.8 Å². The standard InChI is InChI=1S/C18H28N4O4/c1-2-26-18(24)15-3-6-22(7-4-15)14-16(13-19)17(23)20-5-8-21-9-11-25-12-10-21/h14-15H,2-12H2,1H3,(H,20,23)/b16-14-. The van der Waals surface area contributed by atoms with Gasteiger partial charge in [0.15, 0.2) is 0 Å². The van der Waals surface area contributed by atoms with E-state index in [1.54, 1.807) is 13.1 Å². The van der Waals surface area contributed by atoms with Crippen molar-refractivity contribution in [3.05, 3.63) is 11.8 Å². The van der Waals surface area contributed by atoms with Gasteiger partial charge in [-0.05, 0) is 19.8 Å². The molecule has 8 nitrogen and oxygen atoms in total. The first kappa shape index (κ1) is 20.2. The lowest BCUT2D eigenvalue weighted by Crippen LogP contribution is -2.41. The highest BCUT2D eigenvalue weighted by Crippen LogP contribution is 2.19. The van der Waals surface area contributed by atoms with Crippen LogP contribution in [0.25, 0.3) is 0 Å². The zero-order valence-corrected chi connectivity index (χ0v) is 15.4. The minimum Gasteiger partial charge on any atom is -0.466 e. The molecule has 2 saturated heterocycles. The summed E-state index contributed by atoms with van der Waals surface area (Å²) in [6, 6.07) is 1.97. The van der Waals surface area contributed by atoms with E-state index in [1.165, 1.54) is 0 Å². The molecule has 0 saturated carbocycles. The predicted molar refractivity (Wildman–Crippen MR) is 94.9 cm³/mol. The Morgan fingerprint density at radius 3 is 2.58 bits per heavy atom. The van der Waals surface area contributed by atoms with E-state index in [-0.39, 0.29) is 23.4 Å². The van der Waals surface area contributed by atoms with E-state index in [1.807, 2.05) is 11.0 Å². The van der Waals surface area contributed by atoms with Crippen LogP contribution in [0, 0.1) is 17.2 Å². The number of carbonyl (C=O) groups is 2. The van der Waals surface area contributed by atoms with Gasteiger partial charge in [0, 0.05) is 45.5 Å². The minimum atomic E-state index is -0.353. The number of carbonyl (C=O) groups excluding carboxylic acids is 2. The van der Waals surface area contributed by atoms with Crippen LogP contribution in [0.5, 0.6) is 0 Å². The van der Waals surface area contributed by atoms with Crippen LogP contribution in [0.1, 0.15) is 19.8 Å². The summed E-state index contributed by atoms with van der Waals surface area (Å²) in [5.41, 5.74) is 0.0987. The highest BCUT2D eigenvalue weighted by Gasteiger charge is 2.25. The van der Waals surface area contributed by atoms with Gasteiger partial charge in [-0.1, -0.05) is 0 Å². The molecule has 1 N–H and O–H groups in total. The number of ether oxygens (including phenoxy) is 2. The van der Waals surface area contributed by atoms with Gasteiger partial charge >= 0.3 is 5.97 Å². The fraction of sp³-hybridized carbons (Fsp3) is 0.722. The molecule has 2 heterocycles. The number of esters is 1. The third-order valence-electron chi connectivity index (χ3n) is 4.64. The first-order valence-electron chi connectivity index (χ1n) is 9.25. The van der Waals surface area contributed by atoms with Gasteiger partial charge in [-0.3, -0.25) is 14.5 Å². The Bertz CT molecular complexity index is 544. The van der Waals surface area contributed by atoms with Crippen LogP contribution in [0.15, 0.2) is 11.8 Å². The number of hydrogen-bond donors (Lipinski definition) is 1. The molecular formula is C18H28N4O4. The van der Waals surface area contributed by atoms with Gasteiger partial charge in [-0.2, -0.15) is 5.26 Å². The molecule has 2 rings (SSSR count). The largest absolute Gasteiger partial charge is 0.466 e. The lowest BCUT2D eigenvalue weighted by Gasteiger charge is -2.30. The monoisotopic (exact) mass is 364 g/mol. The van der Waals surface area contributed by atoms with Gasteiger partial charge < -0.3 is 19.7 Å². The number of likely N-dealkylation sites (tertiary alicyclic amines) is 1. The molecule has 0 aromatic rings. The summed E-state index contributed by atoms with van der Waals surface area (Å²) in [5.74, 6) is -0.599. The summed E-state index contributed by atoms with van der Waals surface area (Å²) in [7, 11) is 0. The fourth-order valence-electron chi connectivity index (χ4n) is 3.09. The zero-order valence-electron chi connectivity index (χ0n) is 15.4. The molecule has 2 fully saturated rings. The van der Waals surface area contributed by atoms with Gasteiger partial charge in [0.25, 0.3) is 5.91 Å². The van der Waals surface area contributed by atoms with Crippen molar-refractivity contribution in [2.75, 3.05) is 59.1 Å². The molecule has 0 aromatic carbocycles. The van der Waals surface area contributed by atoms with Crippen LogP contribution >= 0.6 is 0 Å². The van der Waals surface area contributed by atoms with Crippen LogP contribution in [0.3, 0.4) is 0 Å². The second-order valence-corrected chi connectivity index (χ2v) is 6.43. The number of rotatable bonds is 7. The van der Waals surface area contributed by atoms with Crippen LogP contribution in [-0.4, -0.2) is 80.8 Å². The molecule has 0 aliphatic carbocycles. The Morgan fingerprint density at radius 1 is 1.27 bits per heavy atom. The second-order valence-electron chi connectivity index (χ2n) is 6.43. The average molecular weight is 364 g/mol. The normalized spacial score (nSPS) is 19.7. The van der Waals surface area contributed by atoms with E-state index < -0.39 is 0 Å². The lowest BCUT2D eigenvalue weighted by molar-refractivity contribution is -0.149. The molecule has 0 radical (unpaired) electrons. The molecule has 2 aliphatic heterocycles. The van der Waals surface area contributed by atoms with Crippen molar-refractivity contribution in [3.63, 3.8) is 0 Å². The maximum Gasteiger partial charge on any atom is 0.309 e. The molecule has 0 atom stereocenters. The summed E-state index contributed by atoms with van der Waals surface area (Å²) in [4.78, 5) is 28.1. The fourth-order valence-corrected chi connectivity index (χ4v) is 3.09. The number of nitriles is 1. The lowest BCUT2D eigenvalue weighted by atomic mass is 9.97. The molecule has 26 heavy (non-hydrogen) atoms. The van der Waals surface area contributed by atoms with Crippen molar-refractivity contribution in [1.29, 1.82) is 5.26 Å². The van der Waals surface area contributed by atoms with Crippen LogP contribution in [0.4, 0.5) is 0 Å². The Kier molecular flexibility index (Phi) is 8.38. The Hall–Kier alpha value is -2.11. The van der Waals surface area contributed by atoms with Crippen LogP contribution in [0.2, 0.25) is 0 Å². The minimum absolute atomic E-state index is 0.0903. The van der Waals surface area contributed by atoms with Crippen molar-refractivity contribution >= 4 is 11.9 Å². The van der Waals surface area contributed by atoms with E-state index in [4.69, 9.17) is 9.47 Å². The zero-order chi connectivity index (χ0) is 18.8. The van der Waals surface area contributed by atoms with Gasteiger partial charge in [0.05, 0.1) is 25.7 Å². The molecule has 144 valence electrons. The molecule has 0 aromatic heterocycles. The number of hydrogen-bond acceptors (Lipinski definition) is 7. The van der Waals surface area contributed by atoms with E-state index in [0.717, 1.165) is 32.8 Å². The first-order chi connectivity index (χ1) is 12.6. The Morgan fingerprint density at radius 2 is 1.96 bits per heavy atom. The highest BCUT2D eigenvalue weighted by atomic mass is 16.5. The maximum absolute atomic E-state index is 12.2. The molecule has 0 unspecified atom stereocenters. The number of piperidine rings is 1. The third-order valence-corrected chi connectivity index (χ3v) is 4.64. The summed E-state index contributed by atoms with van der Waals surface area (Å²) >= 11 is 0. The first-order valence-corrected chi connectivity index (χ1v) is 9.25. The summed E-state index contributed by atoms with van der Waals surface area (Å²) < 4.78 is 10.3. The number of amides is 1. The van der Waals surface area contributed by atoms with Gasteiger partial charge in [-0.15, -0.1) is 0 Å². The maximum atomic E-state index is 12.2. The van der Waals surface area contributed by atoms with E-state index in [9.17, 15) is 14.9 Å². The van der Waals surface area contributed by atoms with Crippen molar-refractivity contribution in [2.24, 2.45) is 5.92 Å². The smallest absolute Gasteiger partial charge is 0.309 e. The summed E-state index contributed by atoms with van der Waals surface area (Å²) in [6.07, 6.45) is 2.95. The van der Waals surface area contributed by atoms with E-state index >= 15 is 0 Å². The van der Waals surface area contributed by atoms with Gasteiger partial charge in [0.1, 0.15) is 11.6 Å². The Balaban J connectivity index is 1.75. The molecule has 2 aliphatic rings. The number of nitrogens with one attached hydrogen (secondary N) is 1. The van der Waals surface area contributed by atoms with Crippen LogP contribution < -0.4 is 5.32 Å². The average Bonchev–Trinajstić information content (AvgIpc) is 2.67. The van der Waals surface area contributed by atoms with Gasteiger partial charge in [0.2, 0.25) is 0 Å². The topological polar surface area (TPSA) is 94.9 Å². The quantitative estimate of drug-likeness (QED) is 0.389. The highest BCUT2D eigenvalue weighted by molar-refractivity contribution is 5.97. The van der Waals surface area contributed by atoms with Crippen molar-refractivity contribution in [1.82, 2.24) is 15.1 Å². The van der Waals surface area contributed by atoms with E-state index in [2.05, 4.69) is 10.2 Å².